The summed E-state index contributed by atoms with van der Waals surface area (Å²) in [6.45, 7) is 0.526. The van der Waals surface area contributed by atoms with Crippen LogP contribution in [0.3, 0.4) is 0 Å². The van der Waals surface area contributed by atoms with Crippen molar-refractivity contribution in [2.24, 2.45) is 0 Å². The number of benzene rings is 1. The van der Waals surface area contributed by atoms with Crippen LogP contribution < -0.4 is 5.32 Å². The average Bonchev–Trinajstić information content (AvgIpc) is 2.98. The van der Waals surface area contributed by atoms with Crippen LogP contribution in [0.2, 0.25) is 0 Å². The van der Waals surface area contributed by atoms with Crippen LogP contribution in [0.15, 0.2) is 35.0 Å². The molecule has 0 radical (unpaired) electrons. The van der Waals surface area contributed by atoms with Crippen LogP contribution >= 0.6 is 11.3 Å². The van der Waals surface area contributed by atoms with E-state index in [2.05, 4.69) is 5.32 Å². The number of hydrogen-bond donors (Lipinski definition) is 2. The molecule has 1 aromatic heterocycles. The van der Waals surface area contributed by atoms with E-state index in [9.17, 15) is 9.50 Å². The van der Waals surface area contributed by atoms with Crippen molar-refractivity contribution in [1.29, 1.82) is 0 Å². The lowest BCUT2D eigenvalue weighted by Gasteiger charge is -2.27. The van der Waals surface area contributed by atoms with Crippen LogP contribution in [0.5, 0.6) is 0 Å². The summed E-state index contributed by atoms with van der Waals surface area (Å²) in [4.78, 5) is 0. The number of halogens is 1. The molecule has 1 heterocycles. The summed E-state index contributed by atoms with van der Waals surface area (Å²) >= 11 is 1.59. The molecule has 106 valence electrons. The summed E-state index contributed by atoms with van der Waals surface area (Å²) < 4.78 is 13.3. The summed E-state index contributed by atoms with van der Waals surface area (Å²) in [6, 6.07) is 7.19. The Kier molecular flexibility index (Phi) is 4.15. The van der Waals surface area contributed by atoms with Gasteiger partial charge in [0.05, 0.1) is 6.10 Å². The molecule has 0 spiro atoms. The third kappa shape index (κ3) is 2.92. The van der Waals surface area contributed by atoms with Gasteiger partial charge in [-0.1, -0.05) is 6.07 Å². The van der Waals surface area contributed by atoms with E-state index in [1.165, 1.54) is 11.6 Å². The first-order valence-corrected chi connectivity index (χ1v) is 7.90. The monoisotopic (exact) mass is 291 g/mol. The van der Waals surface area contributed by atoms with E-state index in [4.69, 9.17) is 0 Å². The molecule has 2 unspecified atom stereocenters. The molecule has 0 aliphatic heterocycles. The Bertz CT molecular complexity index is 570. The molecule has 3 rings (SSSR count). The van der Waals surface area contributed by atoms with Crippen molar-refractivity contribution in [3.63, 3.8) is 0 Å². The van der Waals surface area contributed by atoms with Gasteiger partial charge < -0.3 is 10.4 Å². The van der Waals surface area contributed by atoms with Gasteiger partial charge in [0.2, 0.25) is 0 Å². The van der Waals surface area contributed by atoms with Crippen LogP contribution in [0.4, 0.5) is 4.39 Å². The van der Waals surface area contributed by atoms with Crippen molar-refractivity contribution in [3.8, 4) is 0 Å². The molecule has 2 atom stereocenters. The molecule has 20 heavy (non-hydrogen) atoms. The maximum Gasteiger partial charge on any atom is 0.123 e. The van der Waals surface area contributed by atoms with Gasteiger partial charge in [-0.25, -0.2) is 4.39 Å². The maximum absolute atomic E-state index is 13.3. The molecule has 0 bridgehead atoms. The minimum absolute atomic E-state index is 0.164. The predicted molar refractivity (Wildman–Crippen MR) is 79.4 cm³/mol. The molecule has 1 aliphatic carbocycles. The molecule has 2 nitrogen and oxygen atoms in total. The van der Waals surface area contributed by atoms with E-state index in [-0.39, 0.29) is 11.9 Å². The Hall–Kier alpha value is -1.23. The van der Waals surface area contributed by atoms with Crippen LogP contribution in [-0.2, 0) is 6.42 Å². The van der Waals surface area contributed by atoms with E-state index in [1.54, 1.807) is 17.4 Å². The normalized spacial score (nSPS) is 19.6. The fourth-order valence-corrected chi connectivity index (χ4v) is 3.54. The Balaban J connectivity index is 1.67. The van der Waals surface area contributed by atoms with Crippen molar-refractivity contribution < 1.29 is 9.50 Å². The van der Waals surface area contributed by atoms with Crippen LogP contribution in [0, 0.1) is 5.82 Å². The number of nitrogens with one attached hydrogen (secondary N) is 1. The van der Waals surface area contributed by atoms with Gasteiger partial charge in [-0.05, 0) is 64.9 Å². The first-order chi connectivity index (χ1) is 9.74. The molecule has 0 amide bonds. The standard InChI is InChI=1S/C16H18FNOS/c17-13-4-5-14-11(8-13)2-1-3-15(14)18-9-16(19)12-6-7-20-10-12/h4-8,10,15-16,18-19H,1-3,9H2. The van der Waals surface area contributed by atoms with E-state index in [1.807, 2.05) is 22.9 Å². The second-order valence-corrected chi connectivity index (χ2v) is 6.05. The minimum atomic E-state index is -0.480. The smallest absolute Gasteiger partial charge is 0.123 e. The molecule has 2 N–H and O–H groups in total. The van der Waals surface area contributed by atoms with Crippen molar-refractivity contribution >= 4 is 11.3 Å². The van der Waals surface area contributed by atoms with Crippen LogP contribution in [0.25, 0.3) is 0 Å². The second-order valence-electron chi connectivity index (χ2n) is 5.27. The lowest BCUT2D eigenvalue weighted by Crippen LogP contribution is -2.29. The van der Waals surface area contributed by atoms with Crippen LogP contribution in [-0.4, -0.2) is 11.7 Å². The highest BCUT2D eigenvalue weighted by Crippen LogP contribution is 2.30. The fraction of sp³-hybridized carbons (Fsp3) is 0.375. The Morgan fingerprint density at radius 2 is 2.30 bits per heavy atom. The maximum atomic E-state index is 13.3. The van der Waals surface area contributed by atoms with Gasteiger partial charge in [0.25, 0.3) is 0 Å². The van der Waals surface area contributed by atoms with E-state index in [0.717, 1.165) is 30.4 Å². The van der Waals surface area contributed by atoms with Gasteiger partial charge in [-0.15, -0.1) is 0 Å². The van der Waals surface area contributed by atoms with Crippen molar-refractivity contribution in [1.82, 2.24) is 5.32 Å². The summed E-state index contributed by atoms with van der Waals surface area (Å²) in [5, 5.41) is 17.5. The minimum Gasteiger partial charge on any atom is -0.387 e. The van der Waals surface area contributed by atoms with Gasteiger partial charge >= 0.3 is 0 Å². The van der Waals surface area contributed by atoms with Gasteiger partial charge in [0.15, 0.2) is 0 Å². The zero-order chi connectivity index (χ0) is 13.9. The molecule has 2 aromatic rings. The fourth-order valence-electron chi connectivity index (χ4n) is 2.83. The van der Waals surface area contributed by atoms with E-state index < -0.39 is 6.10 Å². The molecular formula is C16H18FNOS. The van der Waals surface area contributed by atoms with Crippen molar-refractivity contribution in [3.05, 3.63) is 57.5 Å². The molecule has 1 aliphatic rings. The Morgan fingerprint density at radius 3 is 3.10 bits per heavy atom. The summed E-state index contributed by atoms with van der Waals surface area (Å²) in [5.41, 5.74) is 3.23. The van der Waals surface area contributed by atoms with Gasteiger partial charge in [-0.3, -0.25) is 0 Å². The second kappa shape index (κ2) is 6.04. The van der Waals surface area contributed by atoms with Crippen LogP contribution in [0.1, 0.15) is 41.7 Å². The highest BCUT2D eigenvalue weighted by atomic mass is 32.1. The predicted octanol–water partition coefficient (Wildman–Crippen LogP) is 3.59. The number of aliphatic hydroxyl groups excluding tert-OH is 1. The first kappa shape index (κ1) is 13.7. The largest absolute Gasteiger partial charge is 0.387 e. The molecule has 0 saturated carbocycles. The summed E-state index contributed by atoms with van der Waals surface area (Å²) in [5.74, 6) is -0.164. The highest BCUT2D eigenvalue weighted by Gasteiger charge is 2.21. The van der Waals surface area contributed by atoms with Crippen molar-refractivity contribution in [2.75, 3.05) is 6.54 Å². The molecule has 4 heteroatoms. The third-order valence-electron chi connectivity index (χ3n) is 3.90. The van der Waals surface area contributed by atoms with Gasteiger partial charge in [-0.2, -0.15) is 11.3 Å². The van der Waals surface area contributed by atoms with Gasteiger partial charge in [0.1, 0.15) is 5.82 Å². The van der Waals surface area contributed by atoms with Gasteiger partial charge in [0, 0.05) is 12.6 Å². The van der Waals surface area contributed by atoms with Crippen molar-refractivity contribution in [2.45, 2.75) is 31.4 Å². The lowest BCUT2D eigenvalue weighted by molar-refractivity contribution is 0.168. The SMILES string of the molecule is OC(CNC1CCCc2cc(F)ccc21)c1ccsc1. The summed E-state index contributed by atoms with van der Waals surface area (Å²) in [6.07, 6.45) is 2.56. The number of rotatable bonds is 4. The quantitative estimate of drug-likeness (QED) is 0.902. The Labute approximate surface area is 122 Å². The molecular weight excluding hydrogens is 273 g/mol. The zero-order valence-corrected chi connectivity index (χ0v) is 12.0. The van der Waals surface area contributed by atoms with E-state index in [0.29, 0.717) is 6.54 Å². The zero-order valence-electron chi connectivity index (χ0n) is 11.2. The molecule has 0 fully saturated rings. The number of thiophene rings is 1. The number of hydrogen-bond acceptors (Lipinski definition) is 3. The lowest BCUT2D eigenvalue weighted by atomic mass is 9.87. The number of aliphatic hydroxyl groups is 1. The van der Waals surface area contributed by atoms with E-state index >= 15 is 0 Å². The first-order valence-electron chi connectivity index (χ1n) is 6.96. The summed E-state index contributed by atoms with van der Waals surface area (Å²) in [7, 11) is 0. The molecule has 1 aromatic carbocycles. The number of fused-ring (bicyclic) bond motifs is 1. The number of aryl methyl sites for hydroxylation is 1. The average molecular weight is 291 g/mol. The molecule has 0 saturated heterocycles. The third-order valence-corrected chi connectivity index (χ3v) is 4.61. The Morgan fingerprint density at radius 1 is 1.40 bits per heavy atom. The topological polar surface area (TPSA) is 32.3 Å². The highest BCUT2D eigenvalue weighted by molar-refractivity contribution is 7.07.